The molecule has 0 atom stereocenters. The maximum absolute atomic E-state index is 5.37. The van der Waals surface area contributed by atoms with Crippen molar-refractivity contribution in [3.05, 3.63) is 45.7 Å². The van der Waals surface area contributed by atoms with Crippen molar-refractivity contribution in [2.24, 2.45) is 0 Å². The monoisotopic (exact) mass is 351 g/mol. The van der Waals surface area contributed by atoms with E-state index in [-0.39, 0.29) is 0 Å². The van der Waals surface area contributed by atoms with E-state index in [2.05, 4.69) is 50.1 Å². The van der Waals surface area contributed by atoms with Crippen LogP contribution in [0.1, 0.15) is 23.4 Å². The van der Waals surface area contributed by atoms with Crippen LogP contribution >= 0.6 is 15.9 Å². The van der Waals surface area contributed by atoms with Crippen molar-refractivity contribution >= 4 is 15.9 Å². The lowest BCUT2D eigenvalue weighted by molar-refractivity contribution is 0.407. The third-order valence-corrected chi connectivity index (χ3v) is 3.88. The Morgan fingerprint density at radius 3 is 2.76 bits per heavy atom. The molecule has 0 bridgehead atoms. The van der Waals surface area contributed by atoms with Crippen LogP contribution in [0.3, 0.4) is 0 Å². The van der Waals surface area contributed by atoms with Crippen LogP contribution in [-0.4, -0.2) is 23.4 Å². The SMILES string of the molecule is COc1ccc(Br)cc1CNCCCn1nc(C)cc1C. The van der Waals surface area contributed by atoms with Crippen LogP contribution in [0.15, 0.2) is 28.7 Å². The molecule has 1 heterocycles. The highest BCUT2D eigenvalue weighted by molar-refractivity contribution is 9.10. The Labute approximate surface area is 134 Å². The Bertz CT molecular complexity index is 595. The minimum Gasteiger partial charge on any atom is -0.496 e. The fourth-order valence-electron chi connectivity index (χ4n) is 2.36. The Morgan fingerprint density at radius 2 is 2.10 bits per heavy atom. The van der Waals surface area contributed by atoms with E-state index in [4.69, 9.17) is 4.74 Å². The highest BCUT2D eigenvalue weighted by Crippen LogP contribution is 2.22. The molecule has 0 spiro atoms. The van der Waals surface area contributed by atoms with Crippen molar-refractivity contribution in [1.82, 2.24) is 15.1 Å². The average Bonchev–Trinajstić information content (AvgIpc) is 2.77. The summed E-state index contributed by atoms with van der Waals surface area (Å²) in [5.41, 5.74) is 3.47. The molecular formula is C16H22BrN3O. The normalized spacial score (nSPS) is 10.9. The second-order valence-corrected chi connectivity index (χ2v) is 6.05. The average molecular weight is 352 g/mol. The smallest absolute Gasteiger partial charge is 0.123 e. The standard InChI is InChI=1S/C16H22BrN3O/c1-12-9-13(2)20(19-12)8-4-7-18-11-14-10-15(17)5-6-16(14)21-3/h5-6,9-10,18H,4,7-8,11H2,1-3H3. The topological polar surface area (TPSA) is 39.1 Å². The molecule has 1 aromatic heterocycles. The predicted octanol–water partition coefficient (Wildman–Crippen LogP) is 3.45. The Hall–Kier alpha value is -1.33. The molecule has 0 unspecified atom stereocenters. The minimum atomic E-state index is 0.805. The summed E-state index contributed by atoms with van der Waals surface area (Å²) in [5, 5.41) is 7.93. The predicted molar refractivity (Wildman–Crippen MR) is 88.7 cm³/mol. The number of benzene rings is 1. The van der Waals surface area contributed by atoms with Crippen LogP contribution < -0.4 is 10.1 Å². The van der Waals surface area contributed by atoms with Gasteiger partial charge in [0, 0.05) is 28.8 Å². The molecule has 0 saturated heterocycles. The van der Waals surface area contributed by atoms with Crippen LogP contribution in [0.2, 0.25) is 0 Å². The molecule has 1 aromatic carbocycles. The van der Waals surface area contributed by atoms with E-state index >= 15 is 0 Å². The summed E-state index contributed by atoms with van der Waals surface area (Å²) in [7, 11) is 1.70. The molecule has 0 aliphatic rings. The van der Waals surface area contributed by atoms with Crippen molar-refractivity contribution in [2.75, 3.05) is 13.7 Å². The highest BCUT2D eigenvalue weighted by Gasteiger charge is 2.04. The zero-order valence-corrected chi connectivity index (χ0v) is 14.4. The van der Waals surface area contributed by atoms with Gasteiger partial charge in [-0.25, -0.2) is 0 Å². The first-order valence-electron chi connectivity index (χ1n) is 7.14. The van der Waals surface area contributed by atoms with Gasteiger partial charge in [0.05, 0.1) is 12.8 Å². The molecule has 0 amide bonds. The third kappa shape index (κ3) is 4.58. The number of aryl methyl sites for hydroxylation is 3. The molecule has 0 aliphatic carbocycles. The van der Waals surface area contributed by atoms with Crippen molar-refractivity contribution in [2.45, 2.75) is 33.4 Å². The summed E-state index contributed by atoms with van der Waals surface area (Å²) in [5.74, 6) is 0.921. The number of halogens is 1. The molecule has 0 saturated carbocycles. The molecule has 21 heavy (non-hydrogen) atoms. The maximum Gasteiger partial charge on any atom is 0.123 e. The van der Waals surface area contributed by atoms with E-state index in [1.54, 1.807) is 7.11 Å². The molecule has 114 valence electrons. The van der Waals surface area contributed by atoms with Crippen LogP contribution in [0, 0.1) is 13.8 Å². The molecule has 0 fully saturated rings. The summed E-state index contributed by atoms with van der Waals surface area (Å²) in [6, 6.07) is 8.18. The first kappa shape index (κ1) is 16.0. The third-order valence-electron chi connectivity index (χ3n) is 3.38. The first-order chi connectivity index (χ1) is 10.1. The molecule has 5 heteroatoms. The number of aromatic nitrogens is 2. The van der Waals surface area contributed by atoms with Crippen molar-refractivity contribution in [1.29, 1.82) is 0 Å². The van der Waals surface area contributed by atoms with Crippen LogP contribution in [0.4, 0.5) is 0 Å². The van der Waals surface area contributed by atoms with Crippen LogP contribution in [0.5, 0.6) is 5.75 Å². The number of methoxy groups -OCH3 is 1. The van der Waals surface area contributed by atoms with E-state index < -0.39 is 0 Å². The lowest BCUT2D eigenvalue weighted by Crippen LogP contribution is -2.17. The number of rotatable bonds is 7. The molecule has 2 aromatic rings. The fraction of sp³-hybridized carbons (Fsp3) is 0.438. The minimum absolute atomic E-state index is 0.805. The summed E-state index contributed by atoms with van der Waals surface area (Å²) in [4.78, 5) is 0. The van der Waals surface area contributed by atoms with Gasteiger partial charge in [0.1, 0.15) is 5.75 Å². The second-order valence-electron chi connectivity index (χ2n) is 5.14. The van der Waals surface area contributed by atoms with Gasteiger partial charge in [-0.15, -0.1) is 0 Å². The molecule has 0 aliphatic heterocycles. The first-order valence-corrected chi connectivity index (χ1v) is 7.93. The summed E-state index contributed by atoms with van der Waals surface area (Å²) in [6.07, 6.45) is 1.05. The molecule has 4 nitrogen and oxygen atoms in total. The molecular weight excluding hydrogens is 330 g/mol. The summed E-state index contributed by atoms with van der Waals surface area (Å²) in [6.45, 7) is 6.83. The number of nitrogens with one attached hydrogen (secondary N) is 1. The van der Waals surface area contributed by atoms with Crippen molar-refractivity contribution in [3.63, 3.8) is 0 Å². The largest absolute Gasteiger partial charge is 0.496 e. The summed E-state index contributed by atoms with van der Waals surface area (Å²) < 4.78 is 8.51. The zero-order chi connectivity index (χ0) is 15.2. The van der Waals surface area contributed by atoms with Gasteiger partial charge in [-0.3, -0.25) is 4.68 Å². The number of hydrogen-bond acceptors (Lipinski definition) is 3. The quantitative estimate of drug-likeness (QED) is 0.776. The van der Waals surface area contributed by atoms with Gasteiger partial charge in [0.15, 0.2) is 0 Å². The van der Waals surface area contributed by atoms with Gasteiger partial charge in [0.25, 0.3) is 0 Å². The summed E-state index contributed by atoms with van der Waals surface area (Å²) >= 11 is 3.49. The van der Waals surface area contributed by atoms with E-state index in [9.17, 15) is 0 Å². The van der Waals surface area contributed by atoms with Gasteiger partial charge in [0.2, 0.25) is 0 Å². The molecule has 1 N–H and O–H groups in total. The zero-order valence-electron chi connectivity index (χ0n) is 12.8. The van der Waals surface area contributed by atoms with Crippen LogP contribution in [0.25, 0.3) is 0 Å². The van der Waals surface area contributed by atoms with E-state index in [1.165, 1.54) is 5.69 Å². The Balaban J connectivity index is 1.77. The number of nitrogens with zero attached hydrogens (tertiary/aromatic N) is 2. The van der Waals surface area contributed by atoms with E-state index in [0.29, 0.717) is 0 Å². The number of ether oxygens (including phenoxy) is 1. The lowest BCUT2D eigenvalue weighted by Gasteiger charge is -2.10. The Kier molecular flexibility index (Phi) is 5.82. The molecule has 2 rings (SSSR count). The van der Waals surface area contributed by atoms with Gasteiger partial charge < -0.3 is 10.1 Å². The van der Waals surface area contributed by atoms with Crippen LogP contribution in [-0.2, 0) is 13.1 Å². The van der Waals surface area contributed by atoms with Gasteiger partial charge in [-0.2, -0.15) is 5.10 Å². The van der Waals surface area contributed by atoms with Crippen molar-refractivity contribution in [3.8, 4) is 5.75 Å². The highest BCUT2D eigenvalue weighted by atomic mass is 79.9. The number of hydrogen-bond donors (Lipinski definition) is 1. The van der Waals surface area contributed by atoms with Gasteiger partial charge in [-0.1, -0.05) is 15.9 Å². The second kappa shape index (κ2) is 7.61. The molecule has 0 radical (unpaired) electrons. The van der Waals surface area contributed by atoms with Gasteiger partial charge >= 0.3 is 0 Å². The lowest BCUT2D eigenvalue weighted by atomic mass is 10.2. The Morgan fingerprint density at radius 1 is 1.29 bits per heavy atom. The van der Waals surface area contributed by atoms with E-state index in [1.807, 2.05) is 19.1 Å². The maximum atomic E-state index is 5.37. The fourth-order valence-corrected chi connectivity index (χ4v) is 2.77. The van der Waals surface area contributed by atoms with Gasteiger partial charge in [-0.05, 0) is 51.1 Å². The van der Waals surface area contributed by atoms with E-state index in [0.717, 1.165) is 47.5 Å². The van der Waals surface area contributed by atoms with Crippen molar-refractivity contribution < 1.29 is 4.74 Å².